The van der Waals surface area contributed by atoms with E-state index in [9.17, 15) is 18.0 Å². The highest BCUT2D eigenvalue weighted by Crippen LogP contribution is 2.24. The molecular formula is C29H40ClN3O5S. The number of halogens is 1. The molecule has 0 unspecified atom stereocenters. The summed E-state index contributed by atoms with van der Waals surface area (Å²) in [6.45, 7) is 2.27. The molecule has 214 valence electrons. The van der Waals surface area contributed by atoms with Gasteiger partial charge in [-0.3, -0.25) is 13.9 Å². The van der Waals surface area contributed by atoms with Crippen molar-refractivity contribution in [2.24, 2.45) is 0 Å². The minimum Gasteiger partial charge on any atom is -0.497 e. The Labute approximate surface area is 237 Å². The summed E-state index contributed by atoms with van der Waals surface area (Å²) in [6, 6.07) is 13.6. The molecule has 1 fully saturated rings. The summed E-state index contributed by atoms with van der Waals surface area (Å²) in [4.78, 5) is 28.7. The van der Waals surface area contributed by atoms with Crippen LogP contribution in [0.2, 0.25) is 5.02 Å². The van der Waals surface area contributed by atoms with E-state index < -0.39 is 16.1 Å². The predicted molar refractivity (Wildman–Crippen MR) is 156 cm³/mol. The minimum absolute atomic E-state index is 0.0871. The van der Waals surface area contributed by atoms with E-state index in [1.807, 2.05) is 31.2 Å². The smallest absolute Gasteiger partial charge is 0.243 e. The number of benzene rings is 2. The van der Waals surface area contributed by atoms with Crippen LogP contribution in [-0.2, 0) is 26.2 Å². The standard InChI is InChI=1S/C29H40ClN3O5S/c1-4-27(29(35)31-24-13-6-5-7-14-24)32(21-22-11-8-16-26(19-22)38-2)28(34)17-10-18-33(39(3,36)37)25-15-9-12-23(30)20-25/h8-9,11-12,15-16,19-20,24,27H,4-7,10,13-14,17-18,21H2,1-3H3,(H,31,35)/t27-/m0/s1. The normalized spacial score (nSPS) is 14.9. The largest absolute Gasteiger partial charge is 0.497 e. The lowest BCUT2D eigenvalue weighted by atomic mass is 9.95. The van der Waals surface area contributed by atoms with Crippen molar-refractivity contribution in [3.8, 4) is 5.75 Å². The van der Waals surface area contributed by atoms with Gasteiger partial charge in [-0.1, -0.05) is 56.0 Å². The van der Waals surface area contributed by atoms with Crippen molar-refractivity contribution in [2.45, 2.75) is 76.9 Å². The Balaban J connectivity index is 1.77. The van der Waals surface area contributed by atoms with Crippen molar-refractivity contribution in [1.29, 1.82) is 0 Å². The van der Waals surface area contributed by atoms with Gasteiger partial charge in [0, 0.05) is 30.6 Å². The highest BCUT2D eigenvalue weighted by molar-refractivity contribution is 7.92. The van der Waals surface area contributed by atoms with Crippen molar-refractivity contribution < 1.29 is 22.7 Å². The highest BCUT2D eigenvalue weighted by atomic mass is 35.5. The van der Waals surface area contributed by atoms with Gasteiger partial charge in [-0.2, -0.15) is 0 Å². The molecule has 39 heavy (non-hydrogen) atoms. The van der Waals surface area contributed by atoms with Crippen LogP contribution < -0.4 is 14.4 Å². The molecule has 0 bridgehead atoms. The van der Waals surface area contributed by atoms with Gasteiger partial charge in [0.05, 0.1) is 19.1 Å². The third-order valence-electron chi connectivity index (χ3n) is 7.07. The molecule has 0 spiro atoms. The monoisotopic (exact) mass is 577 g/mol. The Morgan fingerprint density at radius 2 is 1.82 bits per heavy atom. The molecule has 1 aliphatic carbocycles. The number of rotatable bonds is 13. The number of anilines is 1. The molecule has 0 saturated heterocycles. The summed E-state index contributed by atoms with van der Waals surface area (Å²) < 4.78 is 31.6. The van der Waals surface area contributed by atoms with E-state index >= 15 is 0 Å². The van der Waals surface area contributed by atoms with Crippen LogP contribution in [0.4, 0.5) is 5.69 Å². The first-order valence-corrected chi connectivity index (χ1v) is 15.8. The molecule has 1 aliphatic rings. The Morgan fingerprint density at radius 1 is 1.10 bits per heavy atom. The molecule has 2 aromatic carbocycles. The average molecular weight is 578 g/mol. The van der Waals surface area contributed by atoms with Crippen LogP contribution in [0.1, 0.15) is 63.9 Å². The van der Waals surface area contributed by atoms with Gasteiger partial charge in [0.25, 0.3) is 0 Å². The number of hydrogen-bond donors (Lipinski definition) is 1. The van der Waals surface area contributed by atoms with Gasteiger partial charge in [-0.15, -0.1) is 0 Å². The molecule has 10 heteroatoms. The fraction of sp³-hybridized carbons (Fsp3) is 0.517. The van der Waals surface area contributed by atoms with Crippen LogP contribution in [0, 0.1) is 0 Å². The first kappa shape index (κ1) is 30.8. The summed E-state index contributed by atoms with van der Waals surface area (Å²) in [6.07, 6.45) is 7.25. The maximum atomic E-state index is 13.6. The lowest BCUT2D eigenvalue weighted by Gasteiger charge is -2.33. The molecule has 2 amide bonds. The molecule has 0 radical (unpaired) electrons. The quantitative estimate of drug-likeness (QED) is 0.355. The number of amides is 2. The fourth-order valence-electron chi connectivity index (χ4n) is 5.07. The third-order valence-corrected chi connectivity index (χ3v) is 8.50. The predicted octanol–water partition coefficient (Wildman–Crippen LogP) is 5.15. The first-order valence-electron chi connectivity index (χ1n) is 13.6. The number of sulfonamides is 1. The third kappa shape index (κ3) is 9.14. The van der Waals surface area contributed by atoms with Crippen molar-refractivity contribution in [1.82, 2.24) is 10.2 Å². The van der Waals surface area contributed by atoms with Gasteiger partial charge in [0.2, 0.25) is 21.8 Å². The van der Waals surface area contributed by atoms with E-state index in [0.717, 1.165) is 37.5 Å². The molecule has 3 rings (SSSR count). The van der Waals surface area contributed by atoms with Crippen LogP contribution in [0.5, 0.6) is 5.75 Å². The Morgan fingerprint density at radius 3 is 2.46 bits per heavy atom. The number of nitrogens with one attached hydrogen (secondary N) is 1. The number of methoxy groups -OCH3 is 1. The van der Waals surface area contributed by atoms with Crippen LogP contribution in [0.15, 0.2) is 48.5 Å². The average Bonchev–Trinajstić information content (AvgIpc) is 2.90. The van der Waals surface area contributed by atoms with E-state index in [1.54, 1.807) is 36.3 Å². The lowest BCUT2D eigenvalue weighted by molar-refractivity contribution is -0.141. The zero-order valence-corrected chi connectivity index (χ0v) is 24.6. The summed E-state index contributed by atoms with van der Waals surface area (Å²) in [5, 5.41) is 3.60. The maximum absolute atomic E-state index is 13.6. The summed E-state index contributed by atoms with van der Waals surface area (Å²) >= 11 is 6.08. The van der Waals surface area contributed by atoms with Gasteiger partial charge >= 0.3 is 0 Å². The summed E-state index contributed by atoms with van der Waals surface area (Å²) in [5.41, 5.74) is 1.30. The second-order valence-electron chi connectivity index (χ2n) is 10.1. The zero-order chi connectivity index (χ0) is 28.4. The lowest BCUT2D eigenvalue weighted by Crippen LogP contribution is -2.51. The van der Waals surface area contributed by atoms with E-state index in [0.29, 0.717) is 22.9 Å². The van der Waals surface area contributed by atoms with Gasteiger partial charge in [-0.25, -0.2) is 8.42 Å². The van der Waals surface area contributed by atoms with E-state index in [4.69, 9.17) is 16.3 Å². The number of carbonyl (C=O) groups excluding carboxylic acids is 2. The van der Waals surface area contributed by atoms with Crippen molar-refractivity contribution in [3.63, 3.8) is 0 Å². The molecule has 0 heterocycles. The topological polar surface area (TPSA) is 96.0 Å². The van der Waals surface area contributed by atoms with Gasteiger partial charge in [0.15, 0.2) is 0 Å². The Hall–Kier alpha value is -2.78. The molecule has 1 saturated carbocycles. The van der Waals surface area contributed by atoms with Crippen LogP contribution >= 0.6 is 11.6 Å². The Kier molecular flexibility index (Phi) is 11.5. The molecule has 2 aromatic rings. The molecular weight excluding hydrogens is 538 g/mol. The first-order chi connectivity index (χ1) is 18.6. The second-order valence-corrected chi connectivity index (χ2v) is 12.4. The number of ether oxygens (including phenoxy) is 1. The van der Waals surface area contributed by atoms with Crippen molar-refractivity contribution in [2.75, 3.05) is 24.2 Å². The zero-order valence-electron chi connectivity index (χ0n) is 23.1. The fourth-order valence-corrected chi connectivity index (χ4v) is 6.21. The van der Waals surface area contributed by atoms with Crippen LogP contribution in [0.25, 0.3) is 0 Å². The van der Waals surface area contributed by atoms with Crippen molar-refractivity contribution in [3.05, 3.63) is 59.1 Å². The van der Waals surface area contributed by atoms with Gasteiger partial charge < -0.3 is 15.0 Å². The molecule has 0 aromatic heterocycles. The summed E-state index contributed by atoms with van der Waals surface area (Å²) in [5.74, 6) is 0.324. The minimum atomic E-state index is -3.59. The Bertz CT molecular complexity index is 1220. The van der Waals surface area contributed by atoms with Crippen LogP contribution in [0.3, 0.4) is 0 Å². The maximum Gasteiger partial charge on any atom is 0.243 e. The van der Waals surface area contributed by atoms with E-state index in [1.165, 1.54) is 10.7 Å². The molecule has 0 aliphatic heterocycles. The molecule has 1 atom stereocenters. The second kappa shape index (κ2) is 14.6. The highest BCUT2D eigenvalue weighted by Gasteiger charge is 2.30. The van der Waals surface area contributed by atoms with Crippen molar-refractivity contribution >= 4 is 39.1 Å². The molecule has 8 nitrogen and oxygen atoms in total. The van der Waals surface area contributed by atoms with E-state index in [2.05, 4.69) is 5.32 Å². The van der Waals surface area contributed by atoms with E-state index in [-0.39, 0.29) is 43.8 Å². The SMILES string of the molecule is CC[C@@H](C(=O)NC1CCCCC1)N(Cc1cccc(OC)c1)C(=O)CCCN(c1cccc(Cl)c1)S(C)(=O)=O. The number of nitrogens with zero attached hydrogens (tertiary/aromatic N) is 2. The van der Waals surface area contributed by atoms with Crippen LogP contribution in [-0.4, -0.2) is 57.1 Å². The number of hydrogen-bond acceptors (Lipinski definition) is 5. The molecule has 1 N–H and O–H groups in total. The van der Waals surface area contributed by atoms with Gasteiger partial charge in [0.1, 0.15) is 11.8 Å². The van der Waals surface area contributed by atoms with Gasteiger partial charge in [-0.05, 0) is 61.6 Å². The number of carbonyl (C=O) groups is 2. The summed E-state index contributed by atoms with van der Waals surface area (Å²) in [7, 11) is -2.00.